The van der Waals surface area contributed by atoms with Crippen molar-refractivity contribution in [1.82, 2.24) is 0 Å². The van der Waals surface area contributed by atoms with E-state index in [9.17, 15) is 17.3 Å². The quantitative estimate of drug-likeness (QED) is 0.298. The summed E-state index contributed by atoms with van der Waals surface area (Å²) in [6.07, 6.45) is 0. The summed E-state index contributed by atoms with van der Waals surface area (Å²) in [6.45, 7) is 2.14. The number of para-hydroxylation sites is 1. The van der Waals surface area contributed by atoms with E-state index in [-0.39, 0.29) is 0 Å². The van der Waals surface area contributed by atoms with Crippen LogP contribution in [0.3, 0.4) is 0 Å². The fourth-order valence-electron chi connectivity index (χ4n) is 2.01. The molecule has 1 N–H and O–H groups in total. The van der Waals surface area contributed by atoms with Crippen LogP contribution in [-0.4, -0.2) is 7.25 Å². The summed E-state index contributed by atoms with van der Waals surface area (Å²) in [5.74, 6) is 0. The molecule has 1 heterocycles. The van der Waals surface area contributed by atoms with Crippen LogP contribution < -0.4 is 0 Å². The first-order chi connectivity index (χ1) is 8.86. The van der Waals surface area contributed by atoms with Crippen LogP contribution >= 0.6 is 0 Å². The van der Waals surface area contributed by atoms with Crippen LogP contribution in [0, 0.1) is 6.92 Å². The highest BCUT2D eigenvalue weighted by molar-refractivity contribution is 6.50. The molecule has 19 heavy (non-hydrogen) atoms. The molecule has 0 aliphatic carbocycles. The number of halogens is 4. The smallest absolute Gasteiger partial charge is 0.545 e. The Bertz CT molecular complexity index is 696. The average Bonchev–Trinajstić information content (AvgIpc) is 2.66. The van der Waals surface area contributed by atoms with Gasteiger partial charge in [0.25, 0.3) is 11.2 Å². The van der Waals surface area contributed by atoms with Crippen LogP contribution in [0.25, 0.3) is 21.9 Å². The van der Waals surface area contributed by atoms with Gasteiger partial charge in [-0.3, -0.25) is 0 Å². The molecule has 0 bridgehead atoms. The predicted octanol–water partition coefficient (Wildman–Crippen LogP) is 5.31. The van der Waals surface area contributed by atoms with Crippen molar-refractivity contribution in [3.63, 3.8) is 0 Å². The number of hydrogen-bond donors (Lipinski definition) is 0. The van der Waals surface area contributed by atoms with Crippen molar-refractivity contribution in [1.29, 1.82) is 0 Å². The van der Waals surface area contributed by atoms with Crippen molar-refractivity contribution >= 4 is 29.2 Å². The molecule has 2 aromatic carbocycles. The van der Waals surface area contributed by atoms with Crippen LogP contribution in [0.2, 0.25) is 0 Å². The second-order valence-electron chi connectivity index (χ2n) is 4.09. The van der Waals surface area contributed by atoms with Crippen molar-refractivity contribution in [2.24, 2.45) is 0 Å². The lowest BCUT2D eigenvalue weighted by molar-refractivity contribution is 0.368. The van der Waals surface area contributed by atoms with Gasteiger partial charge in [-0.25, -0.2) is 0 Å². The first-order valence-electron chi connectivity index (χ1n) is 5.64. The number of fused-ring (bicyclic) bond motifs is 3. The van der Waals surface area contributed by atoms with E-state index in [1.165, 1.54) is 16.3 Å². The molecule has 0 aliphatic rings. The maximum Gasteiger partial charge on any atom is 0.673 e. The van der Waals surface area contributed by atoms with Gasteiger partial charge in [-0.2, -0.15) is 0 Å². The van der Waals surface area contributed by atoms with Crippen molar-refractivity contribution in [2.45, 2.75) is 6.92 Å². The Hall–Kier alpha value is -1.98. The van der Waals surface area contributed by atoms with Crippen molar-refractivity contribution in [2.75, 3.05) is 0 Å². The van der Waals surface area contributed by atoms with Crippen molar-refractivity contribution in [3.8, 4) is 0 Å². The molecule has 0 atom stereocenters. The zero-order chi connectivity index (χ0) is 14.0. The van der Waals surface area contributed by atoms with Gasteiger partial charge in [-0.1, -0.05) is 24.3 Å². The number of rotatable bonds is 0. The molecule has 0 saturated heterocycles. The third kappa shape index (κ3) is 3.27. The Morgan fingerprint density at radius 3 is 2.11 bits per heavy atom. The van der Waals surface area contributed by atoms with Gasteiger partial charge in [-0.05, 0) is 18.6 Å². The maximum atomic E-state index is 9.75. The Balaban J connectivity index is 0.000000232. The molecule has 0 amide bonds. The third-order valence-electron chi connectivity index (χ3n) is 2.67. The zero-order valence-electron chi connectivity index (χ0n) is 10.1. The van der Waals surface area contributed by atoms with E-state index in [0.717, 1.165) is 11.2 Å². The monoisotopic (exact) mass is 270 g/mol. The molecule has 0 unspecified atom stereocenters. The Labute approximate surface area is 106 Å². The molecule has 0 aliphatic heterocycles. The van der Waals surface area contributed by atoms with Crippen LogP contribution in [0.4, 0.5) is 17.3 Å². The zero-order valence-corrected chi connectivity index (χ0v) is 10.1. The molecule has 0 radical (unpaired) electrons. The molecule has 6 heteroatoms. The second-order valence-corrected chi connectivity index (χ2v) is 4.09. The topological polar surface area (TPSA) is 12.8 Å². The minimum atomic E-state index is -6.00. The fraction of sp³-hybridized carbons (Fsp3) is 0.0769. The lowest BCUT2D eigenvalue weighted by Crippen LogP contribution is -2.02. The number of hydrogen-bond acceptors (Lipinski definition) is 0. The predicted molar refractivity (Wildman–Crippen MR) is 69.8 cm³/mol. The molecule has 1 nitrogen and oxygen atoms in total. The lowest BCUT2D eigenvalue weighted by atomic mass is 10.1. The second kappa shape index (κ2) is 4.95. The molecule has 100 valence electrons. The van der Waals surface area contributed by atoms with Gasteiger partial charge >= 0.3 is 7.25 Å². The molecule has 0 spiro atoms. The van der Waals surface area contributed by atoms with Crippen LogP contribution in [-0.2, 0) is 0 Å². The Morgan fingerprint density at radius 2 is 1.42 bits per heavy atom. The lowest BCUT2D eigenvalue weighted by Gasteiger charge is -1.94. The maximum absolute atomic E-state index is 9.75. The minimum Gasteiger partial charge on any atom is -0.545 e. The summed E-state index contributed by atoms with van der Waals surface area (Å²) in [5.41, 5.74) is 3.50. The van der Waals surface area contributed by atoms with Gasteiger partial charge in [-0.15, -0.1) is 0 Å². The summed E-state index contributed by atoms with van der Waals surface area (Å²) in [4.78, 5) is 0. The van der Waals surface area contributed by atoms with Gasteiger partial charge in [0.2, 0.25) is 0 Å². The number of aryl methyl sites for hydroxylation is 1. The summed E-state index contributed by atoms with van der Waals surface area (Å²) in [5, 5.41) is 2.56. The van der Waals surface area contributed by atoms with E-state index in [1.54, 1.807) is 0 Å². The largest absolute Gasteiger partial charge is 0.673 e. The summed E-state index contributed by atoms with van der Waals surface area (Å²) >= 11 is 0. The SMILES string of the molecule is Cc1cccc2[oH+]c3ccccc3c12.F[B-](F)(F)F. The van der Waals surface area contributed by atoms with Gasteiger partial charge in [0.05, 0.1) is 10.8 Å². The van der Waals surface area contributed by atoms with Gasteiger partial charge in [0, 0.05) is 12.1 Å². The van der Waals surface area contributed by atoms with Crippen LogP contribution in [0.1, 0.15) is 5.56 Å². The first kappa shape index (κ1) is 13.5. The third-order valence-corrected chi connectivity index (χ3v) is 2.67. The molecule has 0 fully saturated rings. The summed E-state index contributed by atoms with van der Waals surface area (Å²) < 4.78 is 43.6. The normalized spacial score (nSPS) is 11.4. The fourth-order valence-corrected chi connectivity index (χ4v) is 2.01. The highest BCUT2D eigenvalue weighted by atomic mass is 19.5. The van der Waals surface area contributed by atoms with Gasteiger partial charge in [0.1, 0.15) is 0 Å². The number of benzene rings is 2. The van der Waals surface area contributed by atoms with E-state index >= 15 is 0 Å². The van der Waals surface area contributed by atoms with E-state index in [4.69, 9.17) is 0 Å². The van der Waals surface area contributed by atoms with Gasteiger partial charge < -0.3 is 21.7 Å². The summed E-state index contributed by atoms with van der Waals surface area (Å²) in [6, 6.07) is 14.6. The Morgan fingerprint density at radius 1 is 0.842 bits per heavy atom. The van der Waals surface area contributed by atoms with E-state index in [0.29, 0.717) is 0 Å². The molecule has 0 saturated carbocycles. The van der Waals surface area contributed by atoms with E-state index in [1.807, 2.05) is 6.07 Å². The Kier molecular flexibility index (Phi) is 3.51. The molecular formula is C13H11BF4O. The number of furan rings is 1. The van der Waals surface area contributed by atoms with Crippen molar-refractivity contribution in [3.05, 3.63) is 48.0 Å². The van der Waals surface area contributed by atoms with Crippen molar-refractivity contribution < 1.29 is 21.7 Å². The van der Waals surface area contributed by atoms with E-state index in [2.05, 4.69) is 47.7 Å². The molecule has 1 aromatic heterocycles. The summed E-state index contributed by atoms with van der Waals surface area (Å²) in [7, 11) is -6.00. The van der Waals surface area contributed by atoms with Gasteiger partial charge in [0.15, 0.2) is 0 Å². The molecule has 3 aromatic rings. The standard InChI is InChI=1S/C13H10O.BF4/c1-9-5-4-8-12-13(9)10-6-2-3-7-11(10)14-12;2-1(3,4)5/h2-8H,1H3;/q;-1/p+1. The van der Waals surface area contributed by atoms with Crippen LogP contribution in [0.5, 0.6) is 0 Å². The average molecular weight is 270 g/mol. The molecule has 3 rings (SSSR count). The van der Waals surface area contributed by atoms with E-state index < -0.39 is 7.25 Å². The molecular weight excluding hydrogens is 259 g/mol. The minimum absolute atomic E-state index is 1.09. The highest BCUT2D eigenvalue weighted by Gasteiger charge is 2.20. The highest BCUT2D eigenvalue weighted by Crippen LogP contribution is 2.30. The van der Waals surface area contributed by atoms with Crippen LogP contribution in [0.15, 0.2) is 46.9 Å². The first-order valence-corrected chi connectivity index (χ1v) is 5.64.